The fraction of sp³-hybridized carbons (Fsp3) is 0.550. The molecular formula is C20H23F2NO. The first-order valence-corrected chi connectivity index (χ1v) is 9.08. The highest BCUT2D eigenvalue weighted by Crippen LogP contribution is 2.57. The summed E-state index contributed by atoms with van der Waals surface area (Å²) in [4.78, 5) is 13.6. The Labute approximate surface area is 141 Å². The summed E-state index contributed by atoms with van der Waals surface area (Å²) in [5.74, 6) is -0.00233. The molecule has 1 heterocycles. The van der Waals surface area contributed by atoms with E-state index in [9.17, 15) is 4.79 Å². The SMILES string of the molecule is CCc1cccc(CC)c1N1C(=O)C(=C(C2CC2)C2CC2)C1(F)F. The van der Waals surface area contributed by atoms with Crippen LogP contribution in [0.4, 0.5) is 14.5 Å². The van der Waals surface area contributed by atoms with Gasteiger partial charge in [-0.3, -0.25) is 4.79 Å². The van der Waals surface area contributed by atoms with E-state index in [1.165, 1.54) is 0 Å². The maximum atomic E-state index is 15.1. The third-order valence-corrected chi connectivity index (χ3v) is 5.51. The molecule has 24 heavy (non-hydrogen) atoms. The highest BCUT2D eigenvalue weighted by atomic mass is 19.3. The molecule has 0 unspecified atom stereocenters. The number of anilines is 1. The van der Waals surface area contributed by atoms with Gasteiger partial charge in [-0.2, -0.15) is 8.78 Å². The van der Waals surface area contributed by atoms with E-state index in [2.05, 4.69) is 0 Å². The standard InChI is InChI=1S/C20H23F2NO/c1-3-12-6-5-7-13(4-2)18(12)23-19(24)17(20(23,21)22)16(14-8-9-14)15-10-11-15/h5-7,14-15H,3-4,8-11H2,1-2H3. The van der Waals surface area contributed by atoms with E-state index in [0.717, 1.165) is 47.3 Å². The Hall–Kier alpha value is -1.71. The Morgan fingerprint density at radius 2 is 1.58 bits per heavy atom. The lowest BCUT2D eigenvalue weighted by molar-refractivity contribution is -0.133. The minimum Gasteiger partial charge on any atom is -0.269 e. The van der Waals surface area contributed by atoms with Crippen molar-refractivity contribution in [2.45, 2.75) is 58.4 Å². The molecule has 0 spiro atoms. The van der Waals surface area contributed by atoms with E-state index in [0.29, 0.717) is 18.5 Å². The Kier molecular flexibility index (Phi) is 3.55. The predicted octanol–water partition coefficient (Wildman–Crippen LogP) is 4.87. The molecule has 128 valence electrons. The van der Waals surface area contributed by atoms with Gasteiger partial charge in [-0.25, -0.2) is 4.90 Å². The van der Waals surface area contributed by atoms with Gasteiger partial charge in [0, 0.05) is 0 Å². The summed E-state index contributed by atoms with van der Waals surface area (Å²) in [6.45, 7) is 3.88. The Morgan fingerprint density at radius 3 is 1.96 bits per heavy atom. The van der Waals surface area contributed by atoms with Crippen LogP contribution >= 0.6 is 0 Å². The smallest absolute Gasteiger partial charge is 0.269 e. The second-order valence-electron chi connectivity index (χ2n) is 7.19. The van der Waals surface area contributed by atoms with Crippen LogP contribution in [-0.4, -0.2) is 12.0 Å². The number of carbonyl (C=O) groups is 1. The number of benzene rings is 1. The third kappa shape index (κ3) is 2.22. The summed E-state index contributed by atoms with van der Waals surface area (Å²) in [5.41, 5.74) is 2.68. The van der Waals surface area contributed by atoms with Gasteiger partial charge >= 0.3 is 6.05 Å². The normalized spacial score (nSPS) is 22.6. The van der Waals surface area contributed by atoms with Gasteiger partial charge in [0.2, 0.25) is 0 Å². The molecular weight excluding hydrogens is 308 g/mol. The topological polar surface area (TPSA) is 20.3 Å². The summed E-state index contributed by atoms with van der Waals surface area (Å²) in [6.07, 6.45) is 5.13. The molecule has 0 N–H and O–H groups in total. The summed E-state index contributed by atoms with van der Waals surface area (Å²) in [5, 5.41) is 0. The van der Waals surface area contributed by atoms with Gasteiger partial charge in [0.05, 0.1) is 5.69 Å². The lowest BCUT2D eigenvalue weighted by Crippen LogP contribution is -2.62. The van der Waals surface area contributed by atoms with E-state index in [-0.39, 0.29) is 17.4 Å². The fourth-order valence-electron chi connectivity index (χ4n) is 4.00. The quantitative estimate of drug-likeness (QED) is 0.428. The van der Waals surface area contributed by atoms with E-state index >= 15 is 8.78 Å². The molecule has 1 amide bonds. The van der Waals surface area contributed by atoms with Crippen LogP contribution in [-0.2, 0) is 17.6 Å². The van der Waals surface area contributed by atoms with Crippen LogP contribution in [0, 0.1) is 11.8 Å². The van der Waals surface area contributed by atoms with Crippen LogP contribution in [0.5, 0.6) is 0 Å². The van der Waals surface area contributed by atoms with Crippen molar-refractivity contribution in [3.8, 4) is 0 Å². The van der Waals surface area contributed by atoms with Gasteiger partial charge in [0.1, 0.15) is 5.57 Å². The molecule has 2 saturated carbocycles. The lowest BCUT2D eigenvalue weighted by atomic mass is 9.88. The van der Waals surface area contributed by atoms with Crippen LogP contribution < -0.4 is 4.90 Å². The molecule has 1 aromatic carbocycles. The Bertz CT molecular complexity index is 693. The summed E-state index contributed by atoms with van der Waals surface area (Å²) in [7, 11) is 0. The van der Waals surface area contributed by atoms with Crippen LogP contribution in [0.1, 0.15) is 50.7 Å². The second-order valence-corrected chi connectivity index (χ2v) is 7.19. The summed E-state index contributed by atoms with van der Waals surface area (Å²) < 4.78 is 30.2. The number of hydrogen-bond acceptors (Lipinski definition) is 1. The highest BCUT2D eigenvalue weighted by Gasteiger charge is 2.63. The van der Waals surface area contributed by atoms with Gasteiger partial charge in [-0.05, 0) is 67.1 Å². The molecule has 2 aliphatic carbocycles. The van der Waals surface area contributed by atoms with Gasteiger partial charge in [0.15, 0.2) is 0 Å². The minimum absolute atomic E-state index is 0.180. The van der Waals surface area contributed by atoms with Crippen molar-refractivity contribution in [3.05, 3.63) is 40.5 Å². The van der Waals surface area contributed by atoms with Crippen molar-refractivity contribution in [1.29, 1.82) is 0 Å². The zero-order valence-corrected chi connectivity index (χ0v) is 14.2. The summed E-state index contributed by atoms with van der Waals surface area (Å²) in [6, 6.07) is 2.43. The van der Waals surface area contributed by atoms with Crippen molar-refractivity contribution >= 4 is 11.6 Å². The number of aryl methyl sites for hydroxylation is 2. The first-order valence-electron chi connectivity index (χ1n) is 9.08. The number of β-lactam (4-membered cyclic amide) rings is 1. The van der Waals surface area contributed by atoms with Crippen LogP contribution in [0.2, 0.25) is 0 Å². The molecule has 1 aliphatic heterocycles. The molecule has 1 saturated heterocycles. The van der Waals surface area contributed by atoms with Gasteiger partial charge in [0.25, 0.3) is 5.91 Å². The average molecular weight is 331 g/mol. The molecule has 3 fully saturated rings. The number of alkyl halides is 2. The van der Waals surface area contributed by atoms with Crippen molar-refractivity contribution in [2.75, 3.05) is 4.90 Å². The van der Waals surface area contributed by atoms with Crippen LogP contribution in [0.15, 0.2) is 29.3 Å². The molecule has 4 rings (SSSR count). The maximum absolute atomic E-state index is 15.1. The zero-order valence-electron chi connectivity index (χ0n) is 14.2. The molecule has 2 nitrogen and oxygen atoms in total. The average Bonchev–Trinajstić information content (AvgIpc) is 3.46. The Morgan fingerprint density at radius 1 is 1.08 bits per heavy atom. The highest BCUT2D eigenvalue weighted by molar-refractivity contribution is 6.17. The van der Waals surface area contributed by atoms with Gasteiger partial charge in [-0.15, -0.1) is 0 Å². The molecule has 0 bridgehead atoms. The van der Waals surface area contributed by atoms with E-state index < -0.39 is 12.0 Å². The number of halogens is 2. The number of hydrogen-bond donors (Lipinski definition) is 0. The first kappa shape index (κ1) is 15.8. The molecule has 4 heteroatoms. The lowest BCUT2D eigenvalue weighted by Gasteiger charge is -2.45. The molecule has 1 aromatic rings. The Balaban J connectivity index is 1.80. The van der Waals surface area contributed by atoms with E-state index in [1.54, 1.807) is 0 Å². The fourth-order valence-corrected chi connectivity index (χ4v) is 4.00. The summed E-state index contributed by atoms with van der Waals surface area (Å²) >= 11 is 0. The van der Waals surface area contributed by atoms with E-state index in [1.807, 2.05) is 32.0 Å². The number of para-hydroxylation sites is 1. The van der Waals surface area contributed by atoms with Crippen molar-refractivity contribution in [3.63, 3.8) is 0 Å². The molecule has 0 atom stereocenters. The number of rotatable bonds is 5. The molecule has 0 aromatic heterocycles. The maximum Gasteiger partial charge on any atom is 0.364 e. The number of amides is 1. The first-order chi connectivity index (χ1) is 11.5. The number of carbonyl (C=O) groups excluding carboxylic acids is 1. The van der Waals surface area contributed by atoms with Gasteiger partial charge < -0.3 is 0 Å². The van der Waals surface area contributed by atoms with Crippen molar-refractivity contribution in [1.82, 2.24) is 0 Å². The number of allylic oxidation sites excluding steroid dienone is 1. The monoisotopic (exact) mass is 331 g/mol. The minimum atomic E-state index is -3.16. The van der Waals surface area contributed by atoms with Crippen molar-refractivity contribution < 1.29 is 13.6 Å². The predicted molar refractivity (Wildman–Crippen MR) is 90.1 cm³/mol. The van der Waals surface area contributed by atoms with Crippen LogP contribution in [0.25, 0.3) is 0 Å². The zero-order chi connectivity index (χ0) is 17.1. The van der Waals surface area contributed by atoms with Gasteiger partial charge in [-0.1, -0.05) is 32.0 Å². The third-order valence-electron chi connectivity index (χ3n) is 5.51. The second kappa shape index (κ2) is 5.40. The molecule has 3 aliphatic rings. The van der Waals surface area contributed by atoms with Crippen molar-refractivity contribution in [2.24, 2.45) is 11.8 Å². The van der Waals surface area contributed by atoms with Crippen LogP contribution in [0.3, 0.4) is 0 Å². The van der Waals surface area contributed by atoms with E-state index in [4.69, 9.17) is 0 Å². The molecule has 0 radical (unpaired) electrons. The number of nitrogens with zero attached hydrogens (tertiary/aromatic N) is 1. The largest absolute Gasteiger partial charge is 0.364 e.